The Labute approximate surface area is 115 Å². The van der Waals surface area contributed by atoms with Gasteiger partial charge in [-0.25, -0.2) is 4.39 Å². The fourth-order valence-electron chi connectivity index (χ4n) is 1.82. The van der Waals surface area contributed by atoms with Crippen molar-refractivity contribution in [3.8, 4) is 5.75 Å². The van der Waals surface area contributed by atoms with Gasteiger partial charge in [0.2, 0.25) is 0 Å². The number of nitrogen functional groups attached to an aromatic ring is 1. The van der Waals surface area contributed by atoms with E-state index in [0.717, 1.165) is 0 Å². The predicted molar refractivity (Wildman–Crippen MR) is 72.9 cm³/mol. The van der Waals surface area contributed by atoms with Crippen molar-refractivity contribution < 1.29 is 19.0 Å². The quantitative estimate of drug-likeness (QED) is 0.823. The van der Waals surface area contributed by atoms with E-state index in [9.17, 15) is 9.18 Å². The van der Waals surface area contributed by atoms with Crippen molar-refractivity contribution in [3.63, 3.8) is 0 Å². The van der Waals surface area contributed by atoms with Crippen LogP contribution >= 0.6 is 0 Å². The first kappa shape index (κ1) is 13.9. The van der Waals surface area contributed by atoms with Crippen LogP contribution in [-0.4, -0.2) is 11.1 Å². The summed E-state index contributed by atoms with van der Waals surface area (Å²) >= 11 is 0. The fraction of sp³-hybridized carbons (Fsp3) is 0.133. The topological polar surface area (TPSA) is 72.5 Å². The molecule has 0 fully saturated rings. The Kier molecular flexibility index (Phi) is 4.20. The smallest absolute Gasteiger partial charge is 0.307 e. The predicted octanol–water partition coefficient (Wildman–Crippen LogP) is 2.61. The summed E-state index contributed by atoms with van der Waals surface area (Å²) < 4.78 is 18.9. The van der Waals surface area contributed by atoms with Crippen molar-refractivity contribution in [1.82, 2.24) is 0 Å². The third-order valence-electron chi connectivity index (χ3n) is 2.80. The minimum Gasteiger partial charge on any atom is -0.486 e. The number of ether oxygens (including phenoxy) is 1. The van der Waals surface area contributed by atoms with Crippen LogP contribution in [0, 0.1) is 5.82 Å². The molecule has 2 rings (SSSR count). The van der Waals surface area contributed by atoms with Crippen LogP contribution in [0.2, 0.25) is 0 Å². The number of rotatable bonds is 5. The molecule has 0 aromatic heterocycles. The zero-order valence-corrected chi connectivity index (χ0v) is 10.7. The van der Waals surface area contributed by atoms with Gasteiger partial charge in [0.05, 0.1) is 6.42 Å². The van der Waals surface area contributed by atoms with Crippen LogP contribution in [0.25, 0.3) is 0 Å². The van der Waals surface area contributed by atoms with Crippen LogP contribution in [0.3, 0.4) is 0 Å². The SMILES string of the molecule is Nc1ccc(OCc2ccccc2CC(=O)O)c(F)c1. The van der Waals surface area contributed by atoms with Crippen molar-refractivity contribution >= 4 is 11.7 Å². The number of hydrogen-bond acceptors (Lipinski definition) is 3. The molecule has 0 bridgehead atoms. The normalized spacial score (nSPS) is 10.2. The molecule has 0 radical (unpaired) electrons. The molecular weight excluding hydrogens is 261 g/mol. The van der Waals surface area contributed by atoms with E-state index in [1.807, 2.05) is 0 Å². The third kappa shape index (κ3) is 3.47. The second kappa shape index (κ2) is 6.06. The number of nitrogens with two attached hydrogens (primary N) is 1. The van der Waals surface area contributed by atoms with Crippen LogP contribution in [0.4, 0.5) is 10.1 Å². The second-order valence-electron chi connectivity index (χ2n) is 4.32. The van der Waals surface area contributed by atoms with Gasteiger partial charge in [0, 0.05) is 11.8 Å². The lowest BCUT2D eigenvalue weighted by molar-refractivity contribution is -0.136. The average molecular weight is 275 g/mol. The summed E-state index contributed by atoms with van der Waals surface area (Å²) in [7, 11) is 0. The summed E-state index contributed by atoms with van der Waals surface area (Å²) in [5, 5.41) is 8.84. The van der Waals surface area contributed by atoms with Gasteiger partial charge >= 0.3 is 5.97 Å². The molecule has 4 nitrogen and oxygen atoms in total. The molecule has 5 heteroatoms. The molecule has 0 saturated carbocycles. The molecular formula is C15H14FNO3. The van der Waals surface area contributed by atoms with Gasteiger partial charge in [-0.05, 0) is 23.3 Å². The molecule has 0 aliphatic carbocycles. The maximum absolute atomic E-state index is 13.6. The van der Waals surface area contributed by atoms with E-state index < -0.39 is 11.8 Å². The highest BCUT2D eigenvalue weighted by Crippen LogP contribution is 2.21. The van der Waals surface area contributed by atoms with Crippen molar-refractivity contribution in [3.05, 3.63) is 59.4 Å². The molecule has 20 heavy (non-hydrogen) atoms. The van der Waals surface area contributed by atoms with Crippen molar-refractivity contribution in [1.29, 1.82) is 0 Å². The van der Waals surface area contributed by atoms with Gasteiger partial charge in [-0.2, -0.15) is 0 Å². The standard InChI is InChI=1S/C15H14FNO3/c16-13-8-12(17)5-6-14(13)20-9-11-4-2-1-3-10(11)7-15(18)19/h1-6,8H,7,9,17H2,(H,18,19). The number of benzene rings is 2. The lowest BCUT2D eigenvalue weighted by Crippen LogP contribution is -2.06. The summed E-state index contributed by atoms with van der Waals surface area (Å²) in [6.45, 7) is 0.101. The van der Waals surface area contributed by atoms with Crippen molar-refractivity contribution in [2.45, 2.75) is 13.0 Å². The fourth-order valence-corrected chi connectivity index (χ4v) is 1.82. The first-order valence-electron chi connectivity index (χ1n) is 6.02. The summed E-state index contributed by atoms with van der Waals surface area (Å²) in [5.74, 6) is -1.37. The maximum Gasteiger partial charge on any atom is 0.307 e. The number of anilines is 1. The Morgan fingerprint density at radius 1 is 1.20 bits per heavy atom. The van der Waals surface area contributed by atoms with Crippen LogP contribution < -0.4 is 10.5 Å². The number of hydrogen-bond donors (Lipinski definition) is 2. The number of halogens is 1. The summed E-state index contributed by atoms with van der Waals surface area (Å²) in [6.07, 6.45) is -0.0935. The summed E-state index contributed by atoms with van der Waals surface area (Å²) in [5.41, 5.74) is 7.14. The maximum atomic E-state index is 13.6. The highest BCUT2D eigenvalue weighted by molar-refractivity contribution is 5.70. The largest absolute Gasteiger partial charge is 0.486 e. The molecule has 0 aliphatic rings. The highest BCUT2D eigenvalue weighted by atomic mass is 19.1. The Bertz CT molecular complexity index is 628. The van der Waals surface area contributed by atoms with Crippen molar-refractivity contribution in [2.24, 2.45) is 0 Å². The minimum atomic E-state index is -0.920. The van der Waals surface area contributed by atoms with E-state index in [4.69, 9.17) is 15.6 Å². The zero-order valence-electron chi connectivity index (χ0n) is 10.7. The molecule has 0 spiro atoms. The molecule has 0 atom stereocenters. The Morgan fingerprint density at radius 2 is 1.90 bits per heavy atom. The zero-order chi connectivity index (χ0) is 14.5. The lowest BCUT2D eigenvalue weighted by atomic mass is 10.1. The lowest BCUT2D eigenvalue weighted by Gasteiger charge is -2.10. The molecule has 3 N–H and O–H groups in total. The minimum absolute atomic E-state index is 0.0873. The number of carboxylic acids is 1. The first-order valence-corrected chi connectivity index (χ1v) is 6.02. The van der Waals surface area contributed by atoms with Gasteiger partial charge in [-0.1, -0.05) is 24.3 Å². The molecule has 104 valence electrons. The molecule has 0 aliphatic heterocycles. The van der Waals surface area contributed by atoms with E-state index in [0.29, 0.717) is 16.8 Å². The second-order valence-corrected chi connectivity index (χ2v) is 4.32. The molecule has 0 heterocycles. The van der Waals surface area contributed by atoms with E-state index in [1.54, 1.807) is 30.3 Å². The first-order chi connectivity index (χ1) is 9.56. The summed E-state index contributed by atoms with van der Waals surface area (Å²) in [4.78, 5) is 10.8. The highest BCUT2D eigenvalue weighted by Gasteiger charge is 2.08. The molecule has 0 saturated heterocycles. The Hall–Kier alpha value is -2.56. The number of aliphatic carboxylic acids is 1. The van der Waals surface area contributed by atoms with E-state index in [1.165, 1.54) is 12.1 Å². The van der Waals surface area contributed by atoms with E-state index >= 15 is 0 Å². The average Bonchev–Trinajstić information content (AvgIpc) is 2.39. The Morgan fingerprint density at radius 3 is 2.55 bits per heavy atom. The molecule has 2 aromatic carbocycles. The van der Waals surface area contributed by atoms with Crippen LogP contribution in [0.1, 0.15) is 11.1 Å². The van der Waals surface area contributed by atoms with Crippen LogP contribution in [-0.2, 0) is 17.8 Å². The van der Waals surface area contributed by atoms with Crippen LogP contribution in [0.5, 0.6) is 5.75 Å². The summed E-state index contributed by atoms with van der Waals surface area (Å²) in [6, 6.07) is 11.2. The van der Waals surface area contributed by atoms with Gasteiger partial charge in [0.15, 0.2) is 11.6 Å². The van der Waals surface area contributed by atoms with E-state index in [-0.39, 0.29) is 18.8 Å². The van der Waals surface area contributed by atoms with Crippen LogP contribution in [0.15, 0.2) is 42.5 Å². The van der Waals surface area contributed by atoms with Crippen molar-refractivity contribution in [2.75, 3.05) is 5.73 Å². The molecule has 2 aromatic rings. The number of carbonyl (C=O) groups is 1. The van der Waals surface area contributed by atoms with Gasteiger partial charge < -0.3 is 15.6 Å². The number of carboxylic acid groups (broad SMARTS) is 1. The van der Waals surface area contributed by atoms with Gasteiger partial charge in [-0.15, -0.1) is 0 Å². The monoisotopic (exact) mass is 275 g/mol. The molecule has 0 unspecified atom stereocenters. The van der Waals surface area contributed by atoms with E-state index in [2.05, 4.69) is 0 Å². The third-order valence-corrected chi connectivity index (χ3v) is 2.80. The van der Waals surface area contributed by atoms with Gasteiger partial charge in [0.1, 0.15) is 6.61 Å². The molecule has 0 amide bonds. The van der Waals surface area contributed by atoms with Gasteiger partial charge in [-0.3, -0.25) is 4.79 Å². The van der Waals surface area contributed by atoms with Gasteiger partial charge in [0.25, 0.3) is 0 Å². The Balaban J connectivity index is 2.12.